The molecule has 0 bridgehead atoms. The molecule has 7 heteroatoms. The quantitative estimate of drug-likeness (QED) is 0.667. The fourth-order valence-corrected chi connectivity index (χ4v) is 4.41. The Balaban J connectivity index is 1.52. The number of likely N-dealkylation sites (tertiary alicyclic amines) is 1. The number of hydrogen-bond donors (Lipinski definition) is 2. The van der Waals surface area contributed by atoms with Crippen molar-refractivity contribution in [3.05, 3.63) is 60.7 Å². The standard InChI is InChI=1S/C24H27N3O3S/c28-21(27(19-7-3-1-4-8-19)20-9-5-2-6-10-20)17-24(22(29)30)13-15-26(16-14-24)23(31)25-18-11-12-18/h1-10,18H,11-17H2,(H,25,31)(H,29,30). The van der Waals surface area contributed by atoms with Crippen LogP contribution >= 0.6 is 12.2 Å². The molecule has 4 rings (SSSR count). The van der Waals surface area contributed by atoms with Crippen molar-refractivity contribution in [2.45, 2.75) is 38.1 Å². The Kier molecular flexibility index (Phi) is 6.23. The SMILES string of the molecule is O=C(CC1(C(=O)O)CCN(C(=S)NC2CC2)CC1)N(c1ccccc1)c1ccccc1. The van der Waals surface area contributed by atoms with Gasteiger partial charge in [0.25, 0.3) is 0 Å². The molecule has 0 spiro atoms. The van der Waals surface area contributed by atoms with Crippen LogP contribution in [-0.4, -0.2) is 46.1 Å². The number of carbonyl (C=O) groups excluding carboxylic acids is 1. The van der Waals surface area contributed by atoms with Crippen molar-refractivity contribution in [3.8, 4) is 0 Å². The normalized spacial score (nSPS) is 17.6. The summed E-state index contributed by atoms with van der Waals surface area (Å²) >= 11 is 5.48. The van der Waals surface area contributed by atoms with Crippen LogP contribution in [0.15, 0.2) is 60.7 Å². The van der Waals surface area contributed by atoms with E-state index in [0.29, 0.717) is 37.1 Å². The summed E-state index contributed by atoms with van der Waals surface area (Å²) in [6, 6.07) is 19.2. The van der Waals surface area contributed by atoms with E-state index in [-0.39, 0.29) is 12.3 Å². The molecule has 2 aliphatic rings. The van der Waals surface area contributed by atoms with Crippen LogP contribution < -0.4 is 10.2 Å². The lowest BCUT2D eigenvalue weighted by molar-refractivity contribution is -0.154. The first-order valence-electron chi connectivity index (χ1n) is 10.7. The van der Waals surface area contributed by atoms with E-state index in [0.717, 1.165) is 24.2 Å². The Hall–Kier alpha value is -2.93. The van der Waals surface area contributed by atoms with Gasteiger partial charge in [0.15, 0.2) is 5.11 Å². The van der Waals surface area contributed by atoms with E-state index in [1.807, 2.05) is 65.6 Å². The molecule has 1 aliphatic carbocycles. The van der Waals surface area contributed by atoms with Gasteiger partial charge in [0.1, 0.15) is 0 Å². The van der Waals surface area contributed by atoms with E-state index in [4.69, 9.17) is 12.2 Å². The van der Waals surface area contributed by atoms with Crippen LogP contribution in [-0.2, 0) is 9.59 Å². The van der Waals surface area contributed by atoms with Gasteiger partial charge in [-0.3, -0.25) is 14.5 Å². The van der Waals surface area contributed by atoms with Gasteiger partial charge >= 0.3 is 5.97 Å². The second kappa shape index (κ2) is 9.06. The predicted octanol–water partition coefficient (Wildman–Crippen LogP) is 3.95. The van der Waals surface area contributed by atoms with E-state index < -0.39 is 11.4 Å². The van der Waals surface area contributed by atoms with Crippen molar-refractivity contribution >= 4 is 40.6 Å². The number of nitrogens with one attached hydrogen (secondary N) is 1. The summed E-state index contributed by atoms with van der Waals surface area (Å²) in [6.07, 6.45) is 2.99. The molecule has 0 unspecified atom stereocenters. The number of carboxylic acid groups (broad SMARTS) is 1. The molecule has 1 saturated heterocycles. The van der Waals surface area contributed by atoms with Crippen LogP contribution in [0.3, 0.4) is 0 Å². The Bertz CT molecular complexity index is 900. The first-order chi connectivity index (χ1) is 15.0. The van der Waals surface area contributed by atoms with Crippen molar-refractivity contribution in [2.24, 2.45) is 5.41 Å². The fourth-order valence-electron chi connectivity index (χ4n) is 4.06. The molecule has 1 amide bonds. The molecule has 2 fully saturated rings. The second-order valence-corrected chi connectivity index (χ2v) is 8.76. The van der Waals surface area contributed by atoms with Gasteiger partial charge in [-0.15, -0.1) is 0 Å². The molecule has 6 nitrogen and oxygen atoms in total. The third kappa shape index (κ3) is 4.88. The lowest BCUT2D eigenvalue weighted by Crippen LogP contribution is -2.51. The van der Waals surface area contributed by atoms with Crippen molar-refractivity contribution in [1.29, 1.82) is 0 Å². The number of para-hydroxylation sites is 2. The summed E-state index contributed by atoms with van der Waals surface area (Å²) in [5.74, 6) is -1.13. The van der Waals surface area contributed by atoms with Gasteiger partial charge < -0.3 is 15.3 Å². The molecule has 31 heavy (non-hydrogen) atoms. The minimum atomic E-state index is -1.09. The summed E-state index contributed by atoms with van der Waals surface area (Å²) in [7, 11) is 0. The number of carboxylic acids is 1. The number of nitrogens with zero attached hydrogens (tertiary/aromatic N) is 2. The van der Waals surface area contributed by atoms with Gasteiger partial charge in [0, 0.05) is 36.9 Å². The average Bonchev–Trinajstić information content (AvgIpc) is 3.60. The summed E-state index contributed by atoms with van der Waals surface area (Å²) in [5.41, 5.74) is 0.364. The number of carbonyl (C=O) groups is 2. The van der Waals surface area contributed by atoms with E-state index in [9.17, 15) is 14.7 Å². The molecule has 2 N–H and O–H groups in total. The molecular weight excluding hydrogens is 410 g/mol. The Morgan fingerprint density at radius 3 is 1.97 bits per heavy atom. The zero-order chi connectivity index (χ0) is 21.8. The fraction of sp³-hybridized carbons (Fsp3) is 0.375. The maximum absolute atomic E-state index is 13.5. The summed E-state index contributed by atoms with van der Waals surface area (Å²) in [5, 5.41) is 14.1. The van der Waals surface area contributed by atoms with Gasteiger partial charge in [-0.25, -0.2) is 0 Å². The second-order valence-electron chi connectivity index (χ2n) is 8.37. The van der Waals surface area contributed by atoms with E-state index in [1.165, 1.54) is 0 Å². The number of piperidine rings is 1. The Morgan fingerprint density at radius 1 is 1.00 bits per heavy atom. The number of aliphatic carboxylic acids is 1. The summed E-state index contributed by atoms with van der Waals surface area (Å²) in [6.45, 7) is 1.07. The smallest absolute Gasteiger partial charge is 0.310 e. The maximum atomic E-state index is 13.5. The van der Waals surface area contributed by atoms with Crippen molar-refractivity contribution in [2.75, 3.05) is 18.0 Å². The number of benzene rings is 2. The number of hydrogen-bond acceptors (Lipinski definition) is 3. The summed E-state index contributed by atoms with van der Waals surface area (Å²) < 4.78 is 0. The van der Waals surface area contributed by atoms with Crippen LogP contribution in [0.25, 0.3) is 0 Å². The molecule has 1 aliphatic heterocycles. The van der Waals surface area contributed by atoms with Gasteiger partial charge in [0.05, 0.1) is 5.41 Å². The lowest BCUT2D eigenvalue weighted by atomic mass is 9.75. The molecular formula is C24H27N3O3S. The highest BCUT2D eigenvalue weighted by molar-refractivity contribution is 7.80. The largest absolute Gasteiger partial charge is 0.481 e. The maximum Gasteiger partial charge on any atom is 0.310 e. The highest BCUT2D eigenvalue weighted by Crippen LogP contribution is 2.38. The molecule has 0 atom stereocenters. The molecule has 162 valence electrons. The Labute approximate surface area is 187 Å². The number of anilines is 2. The summed E-state index contributed by atoms with van der Waals surface area (Å²) in [4.78, 5) is 29.5. The minimum absolute atomic E-state index is 0.0528. The number of rotatable bonds is 6. The van der Waals surface area contributed by atoms with E-state index in [1.54, 1.807) is 4.90 Å². The zero-order valence-corrected chi connectivity index (χ0v) is 18.2. The van der Waals surface area contributed by atoms with E-state index in [2.05, 4.69) is 5.32 Å². The first-order valence-corrected chi connectivity index (χ1v) is 11.1. The van der Waals surface area contributed by atoms with Crippen LogP contribution in [0.1, 0.15) is 32.1 Å². The molecule has 2 aromatic carbocycles. The van der Waals surface area contributed by atoms with E-state index >= 15 is 0 Å². The minimum Gasteiger partial charge on any atom is -0.481 e. The molecule has 1 saturated carbocycles. The third-order valence-electron chi connectivity index (χ3n) is 6.13. The van der Waals surface area contributed by atoms with Gasteiger partial charge in [0.2, 0.25) is 5.91 Å². The predicted molar refractivity (Wildman–Crippen MR) is 124 cm³/mol. The first kappa shape index (κ1) is 21.3. The molecule has 1 heterocycles. The van der Waals surface area contributed by atoms with Gasteiger partial charge in [-0.05, 0) is 62.2 Å². The van der Waals surface area contributed by atoms with Gasteiger partial charge in [-0.2, -0.15) is 0 Å². The Morgan fingerprint density at radius 2 is 1.52 bits per heavy atom. The third-order valence-corrected chi connectivity index (χ3v) is 6.51. The zero-order valence-electron chi connectivity index (χ0n) is 17.4. The molecule has 0 radical (unpaired) electrons. The molecule has 2 aromatic rings. The number of thiocarbonyl (C=S) groups is 1. The highest BCUT2D eigenvalue weighted by Gasteiger charge is 2.45. The van der Waals surface area contributed by atoms with Crippen LogP contribution in [0, 0.1) is 5.41 Å². The molecule has 0 aromatic heterocycles. The van der Waals surface area contributed by atoms with Gasteiger partial charge in [-0.1, -0.05) is 36.4 Å². The monoisotopic (exact) mass is 437 g/mol. The number of amides is 1. The van der Waals surface area contributed by atoms with Crippen molar-refractivity contribution in [1.82, 2.24) is 10.2 Å². The van der Waals surface area contributed by atoms with Crippen LogP contribution in [0.4, 0.5) is 11.4 Å². The average molecular weight is 438 g/mol. The van der Waals surface area contributed by atoms with Crippen molar-refractivity contribution < 1.29 is 14.7 Å². The highest BCUT2D eigenvalue weighted by atomic mass is 32.1. The topological polar surface area (TPSA) is 72.9 Å². The van der Waals surface area contributed by atoms with Crippen LogP contribution in [0.2, 0.25) is 0 Å². The van der Waals surface area contributed by atoms with Crippen molar-refractivity contribution in [3.63, 3.8) is 0 Å². The van der Waals surface area contributed by atoms with Crippen LogP contribution in [0.5, 0.6) is 0 Å². The lowest BCUT2D eigenvalue weighted by Gasteiger charge is -2.40.